The molecular weight excluding hydrogens is 294 g/mol. The van der Waals surface area contributed by atoms with Gasteiger partial charge in [0.05, 0.1) is 0 Å². The lowest BCUT2D eigenvalue weighted by atomic mass is 9.92. The summed E-state index contributed by atoms with van der Waals surface area (Å²) >= 11 is 0. The van der Waals surface area contributed by atoms with Gasteiger partial charge in [0.15, 0.2) is 14.9 Å². The standard InChI is InChI=1S/C10H19NO6S2/c1-18(14,15)8-19(16,17)11-10(9(12)13)6-4-2-3-5-7-10/h11H,2-8H2,1H3,(H,12,13). The van der Waals surface area contributed by atoms with E-state index in [1.807, 2.05) is 0 Å². The molecule has 1 fully saturated rings. The van der Waals surface area contributed by atoms with Crippen LogP contribution in [-0.2, 0) is 24.7 Å². The van der Waals surface area contributed by atoms with Crippen LogP contribution in [-0.4, -0.2) is 44.8 Å². The van der Waals surface area contributed by atoms with Crippen LogP contribution in [0.1, 0.15) is 38.5 Å². The van der Waals surface area contributed by atoms with E-state index >= 15 is 0 Å². The number of hydrogen-bond acceptors (Lipinski definition) is 5. The second-order valence-corrected chi connectivity index (χ2v) is 9.29. The Balaban J connectivity index is 2.99. The zero-order valence-electron chi connectivity index (χ0n) is 10.8. The highest BCUT2D eigenvalue weighted by Crippen LogP contribution is 2.28. The molecule has 1 saturated carbocycles. The number of sulfone groups is 1. The average molecular weight is 313 g/mol. The number of hydrogen-bond donors (Lipinski definition) is 2. The summed E-state index contributed by atoms with van der Waals surface area (Å²) in [6, 6.07) is 0. The number of carboxylic acid groups (broad SMARTS) is 1. The molecule has 0 aromatic carbocycles. The van der Waals surface area contributed by atoms with E-state index in [2.05, 4.69) is 4.72 Å². The molecule has 0 radical (unpaired) electrons. The Bertz CT molecular complexity index is 528. The lowest BCUT2D eigenvalue weighted by molar-refractivity contribution is -0.144. The third kappa shape index (κ3) is 5.07. The van der Waals surface area contributed by atoms with Crippen molar-refractivity contribution in [2.75, 3.05) is 11.3 Å². The van der Waals surface area contributed by atoms with Gasteiger partial charge in [-0.25, -0.2) is 16.8 Å². The van der Waals surface area contributed by atoms with Gasteiger partial charge in [0.25, 0.3) is 0 Å². The molecule has 112 valence electrons. The minimum absolute atomic E-state index is 0.186. The summed E-state index contributed by atoms with van der Waals surface area (Å²) in [5, 5.41) is 8.21. The summed E-state index contributed by atoms with van der Waals surface area (Å²) in [5.74, 6) is -1.24. The SMILES string of the molecule is CS(=O)(=O)CS(=O)(=O)NC1(C(=O)O)CCCCCC1. The molecule has 1 aliphatic rings. The fraction of sp³-hybridized carbons (Fsp3) is 0.900. The first kappa shape index (κ1) is 16.4. The number of aliphatic carboxylic acids is 1. The number of sulfonamides is 1. The smallest absolute Gasteiger partial charge is 0.324 e. The fourth-order valence-electron chi connectivity index (χ4n) is 2.30. The van der Waals surface area contributed by atoms with Crippen LogP contribution in [0.4, 0.5) is 0 Å². The van der Waals surface area contributed by atoms with Gasteiger partial charge in [0.1, 0.15) is 5.54 Å². The molecule has 0 spiro atoms. The normalized spacial score (nSPS) is 20.7. The van der Waals surface area contributed by atoms with E-state index in [0.717, 1.165) is 19.1 Å². The molecule has 7 nitrogen and oxygen atoms in total. The molecule has 0 aliphatic heterocycles. The monoisotopic (exact) mass is 313 g/mol. The lowest BCUT2D eigenvalue weighted by Gasteiger charge is -2.28. The molecule has 0 aromatic heterocycles. The highest BCUT2D eigenvalue weighted by molar-refractivity contribution is 8.06. The molecule has 0 unspecified atom stereocenters. The topological polar surface area (TPSA) is 118 Å². The van der Waals surface area contributed by atoms with Gasteiger partial charge in [-0.3, -0.25) is 4.79 Å². The van der Waals surface area contributed by atoms with Crippen molar-refractivity contribution in [1.82, 2.24) is 4.72 Å². The Morgan fingerprint density at radius 1 is 1.11 bits per heavy atom. The minimum atomic E-state index is -4.18. The van der Waals surface area contributed by atoms with Crippen LogP contribution in [0.5, 0.6) is 0 Å². The molecular formula is C10H19NO6S2. The maximum absolute atomic E-state index is 11.8. The Labute approximate surface area is 113 Å². The largest absolute Gasteiger partial charge is 0.480 e. The number of carbonyl (C=O) groups is 1. The summed E-state index contributed by atoms with van der Waals surface area (Å²) in [4.78, 5) is 11.4. The molecule has 0 bridgehead atoms. The van der Waals surface area contributed by atoms with E-state index in [-0.39, 0.29) is 12.8 Å². The van der Waals surface area contributed by atoms with E-state index in [4.69, 9.17) is 0 Å². The molecule has 1 rings (SSSR count). The summed E-state index contributed by atoms with van der Waals surface area (Å²) in [7, 11) is -7.91. The van der Waals surface area contributed by atoms with Crippen molar-refractivity contribution in [3.05, 3.63) is 0 Å². The van der Waals surface area contributed by atoms with Crippen LogP contribution in [0.25, 0.3) is 0 Å². The molecule has 0 saturated heterocycles. The van der Waals surface area contributed by atoms with E-state index in [1.54, 1.807) is 0 Å². The second-order valence-electron chi connectivity index (χ2n) is 5.06. The van der Waals surface area contributed by atoms with E-state index in [0.29, 0.717) is 12.8 Å². The Morgan fingerprint density at radius 2 is 1.58 bits per heavy atom. The molecule has 0 heterocycles. The van der Waals surface area contributed by atoms with Gasteiger partial charge in [-0.05, 0) is 12.8 Å². The Hall–Kier alpha value is -0.670. The van der Waals surface area contributed by atoms with E-state index in [1.165, 1.54) is 0 Å². The Kier molecular flexibility index (Phi) is 4.97. The summed E-state index contributed by atoms with van der Waals surface area (Å²) < 4.78 is 47.8. The molecule has 0 aromatic rings. The van der Waals surface area contributed by atoms with Crippen molar-refractivity contribution in [2.45, 2.75) is 44.1 Å². The maximum atomic E-state index is 11.8. The lowest BCUT2D eigenvalue weighted by Crippen LogP contribution is -2.55. The van der Waals surface area contributed by atoms with Crippen molar-refractivity contribution in [3.8, 4) is 0 Å². The first-order valence-corrected chi connectivity index (χ1v) is 9.70. The Morgan fingerprint density at radius 3 is 1.95 bits per heavy atom. The third-order valence-corrected chi connectivity index (χ3v) is 6.74. The van der Waals surface area contributed by atoms with Gasteiger partial charge in [-0.2, -0.15) is 4.72 Å². The van der Waals surface area contributed by atoms with Crippen LogP contribution >= 0.6 is 0 Å². The maximum Gasteiger partial charge on any atom is 0.324 e. The molecule has 0 atom stereocenters. The first-order valence-electron chi connectivity index (χ1n) is 5.99. The van der Waals surface area contributed by atoms with Gasteiger partial charge in [0, 0.05) is 6.26 Å². The zero-order chi connectivity index (χ0) is 14.7. The highest BCUT2D eigenvalue weighted by Gasteiger charge is 2.42. The van der Waals surface area contributed by atoms with Gasteiger partial charge >= 0.3 is 5.97 Å². The van der Waals surface area contributed by atoms with Gasteiger partial charge in [-0.1, -0.05) is 25.7 Å². The van der Waals surface area contributed by atoms with Crippen molar-refractivity contribution in [2.24, 2.45) is 0 Å². The summed E-state index contributed by atoms with van der Waals surface area (Å²) in [5.41, 5.74) is -1.57. The van der Waals surface area contributed by atoms with Crippen molar-refractivity contribution in [1.29, 1.82) is 0 Å². The second kappa shape index (κ2) is 5.76. The molecule has 2 N–H and O–H groups in total. The van der Waals surface area contributed by atoms with Crippen LogP contribution in [0, 0.1) is 0 Å². The van der Waals surface area contributed by atoms with Crippen LogP contribution in [0.2, 0.25) is 0 Å². The average Bonchev–Trinajstić information content (AvgIpc) is 2.39. The van der Waals surface area contributed by atoms with Crippen LogP contribution in [0.15, 0.2) is 0 Å². The van der Waals surface area contributed by atoms with E-state index < -0.39 is 36.5 Å². The third-order valence-electron chi connectivity index (χ3n) is 3.09. The number of nitrogens with one attached hydrogen (secondary N) is 1. The predicted molar refractivity (Wildman–Crippen MR) is 69.8 cm³/mol. The quantitative estimate of drug-likeness (QED) is 0.694. The first-order chi connectivity index (χ1) is 8.56. The van der Waals surface area contributed by atoms with Crippen LogP contribution < -0.4 is 4.72 Å². The summed E-state index contributed by atoms with van der Waals surface area (Å²) in [6.45, 7) is 0. The van der Waals surface area contributed by atoms with Gasteiger partial charge in [-0.15, -0.1) is 0 Å². The highest BCUT2D eigenvalue weighted by atomic mass is 32.3. The zero-order valence-corrected chi connectivity index (χ0v) is 12.4. The van der Waals surface area contributed by atoms with Crippen molar-refractivity contribution in [3.63, 3.8) is 0 Å². The van der Waals surface area contributed by atoms with Crippen molar-refractivity contribution >= 4 is 25.8 Å². The predicted octanol–water partition coefficient (Wildman–Crippen LogP) is 0.0855. The van der Waals surface area contributed by atoms with Gasteiger partial charge in [0.2, 0.25) is 10.0 Å². The fourth-order valence-corrected chi connectivity index (χ4v) is 5.68. The molecule has 9 heteroatoms. The summed E-state index contributed by atoms with van der Waals surface area (Å²) in [6.07, 6.45) is 4.08. The molecule has 19 heavy (non-hydrogen) atoms. The number of carboxylic acids is 1. The van der Waals surface area contributed by atoms with E-state index in [9.17, 15) is 26.7 Å². The molecule has 0 amide bonds. The van der Waals surface area contributed by atoms with Crippen molar-refractivity contribution < 1.29 is 26.7 Å². The molecule has 1 aliphatic carbocycles. The van der Waals surface area contributed by atoms with Gasteiger partial charge < -0.3 is 5.11 Å². The number of rotatable bonds is 5. The van der Waals surface area contributed by atoms with Crippen LogP contribution in [0.3, 0.4) is 0 Å². The minimum Gasteiger partial charge on any atom is -0.480 e.